The first-order valence-corrected chi connectivity index (χ1v) is 11.6. The van der Waals surface area contributed by atoms with Gasteiger partial charge in [-0.1, -0.05) is 26.0 Å². The predicted molar refractivity (Wildman–Crippen MR) is 120 cm³/mol. The van der Waals surface area contributed by atoms with Crippen molar-refractivity contribution in [3.63, 3.8) is 0 Å². The van der Waals surface area contributed by atoms with Crippen LogP contribution >= 0.6 is 0 Å². The molecule has 0 amide bonds. The third-order valence-corrected chi connectivity index (χ3v) is 7.11. The summed E-state index contributed by atoms with van der Waals surface area (Å²) in [4.78, 5) is 6.67. The van der Waals surface area contributed by atoms with Gasteiger partial charge < -0.3 is 9.64 Å². The van der Waals surface area contributed by atoms with Gasteiger partial charge >= 0.3 is 0 Å². The molecule has 8 nitrogen and oxygen atoms in total. The van der Waals surface area contributed by atoms with Gasteiger partial charge in [-0.05, 0) is 36.8 Å². The SMILES string of the molecule is CCN(CC)S(=O)(=O)c1ccc(N/N=C(\C)c2ccc(N3CCOCC3)cc2)nc1. The number of rotatable bonds is 8. The number of morpholine rings is 1. The Bertz CT molecular complexity index is 949. The molecule has 0 bridgehead atoms. The Morgan fingerprint density at radius 3 is 2.37 bits per heavy atom. The molecular formula is C21H29N5O3S. The minimum absolute atomic E-state index is 0.177. The molecule has 1 fully saturated rings. The zero-order valence-corrected chi connectivity index (χ0v) is 18.5. The van der Waals surface area contributed by atoms with Crippen LogP contribution in [-0.2, 0) is 14.8 Å². The van der Waals surface area contributed by atoms with Crippen LogP contribution in [0.1, 0.15) is 26.3 Å². The Morgan fingerprint density at radius 1 is 1.13 bits per heavy atom. The highest BCUT2D eigenvalue weighted by atomic mass is 32.2. The van der Waals surface area contributed by atoms with Crippen molar-refractivity contribution >= 4 is 27.2 Å². The van der Waals surface area contributed by atoms with E-state index in [1.54, 1.807) is 12.1 Å². The van der Waals surface area contributed by atoms with E-state index in [9.17, 15) is 8.42 Å². The lowest BCUT2D eigenvalue weighted by Crippen LogP contribution is -2.36. The molecule has 1 aromatic carbocycles. The van der Waals surface area contributed by atoms with E-state index >= 15 is 0 Å². The number of hydrazone groups is 1. The molecule has 30 heavy (non-hydrogen) atoms. The van der Waals surface area contributed by atoms with Crippen molar-refractivity contribution in [1.82, 2.24) is 9.29 Å². The van der Waals surface area contributed by atoms with Crippen molar-refractivity contribution in [2.24, 2.45) is 5.10 Å². The average molecular weight is 432 g/mol. The first-order valence-electron chi connectivity index (χ1n) is 10.1. The lowest BCUT2D eigenvalue weighted by atomic mass is 10.1. The Balaban J connectivity index is 1.65. The van der Waals surface area contributed by atoms with Crippen LogP contribution in [-0.4, -0.2) is 62.8 Å². The maximum absolute atomic E-state index is 12.5. The van der Waals surface area contributed by atoms with Gasteiger partial charge in [-0.3, -0.25) is 5.43 Å². The van der Waals surface area contributed by atoms with E-state index in [1.807, 2.05) is 32.9 Å². The second-order valence-electron chi connectivity index (χ2n) is 6.92. The lowest BCUT2D eigenvalue weighted by molar-refractivity contribution is 0.122. The molecule has 162 valence electrons. The number of aromatic nitrogens is 1. The number of sulfonamides is 1. The summed E-state index contributed by atoms with van der Waals surface area (Å²) >= 11 is 0. The second kappa shape index (κ2) is 10.0. The first-order chi connectivity index (χ1) is 14.5. The standard InChI is InChI=1S/C21H29N5O3S/c1-4-26(5-2)30(27,28)20-10-11-21(22-16-20)24-23-17(3)18-6-8-19(9-7-18)25-12-14-29-15-13-25/h6-11,16H,4-5,12-15H2,1-3H3,(H,22,24)/b23-17+. The van der Waals surface area contributed by atoms with Crippen molar-refractivity contribution in [2.45, 2.75) is 25.7 Å². The molecule has 3 rings (SSSR count). The van der Waals surface area contributed by atoms with E-state index in [0.29, 0.717) is 18.9 Å². The van der Waals surface area contributed by atoms with Crippen molar-refractivity contribution in [2.75, 3.05) is 49.7 Å². The van der Waals surface area contributed by atoms with Crippen LogP contribution in [0.3, 0.4) is 0 Å². The Kier molecular flexibility index (Phi) is 7.41. The van der Waals surface area contributed by atoms with Crippen LogP contribution in [0, 0.1) is 0 Å². The maximum atomic E-state index is 12.5. The Morgan fingerprint density at radius 2 is 1.80 bits per heavy atom. The van der Waals surface area contributed by atoms with E-state index in [4.69, 9.17) is 4.74 Å². The number of anilines is 2. The molecule has 9 heteroatoms. The fraction of sp³-hybridized carbons (Fsp3) is 0.429. The van der Waals surface area contributed by atoms with Gasteiger partial charge in [0.05, 0.1) is 18.9 Å². The third-order valence-electron chi connectivity index (χ3n) is 5.08. The molecule has 0 aliphatic carbocycles. The number of ether oxygens (including phenoxy) is 1. The van der Waals surface area contributed by atoms with Crippen LogP contribution in [0.5, 0.6) is 0 Å². The quantitative estimate of drug-likeness (QED) is 0.511. The molecule has 1 aromatic heterocycles. The largest absolute Gasteiger partial charge is 0.378 e. The second-order valence-corrected chi connectivity index (χ2v) is 8.86. The fourth-order valence-electron chi connectivity index (χ4n) is 3.25. The fourth-order valence-corrected chi connectivity index (χ4v) is 4.66. The van der Waals surface area contributed by atoms with E-state index in [2.05, 4.69) is 32.5 Å². The van der Waals surface area contributed by atoms with Crippen molar-refractivity contribution in [3.8, 4) is 0 Å². The van der Waals surface area contributed by atoms with Gasteiger partial charge in [0.25, 0.3) is 0 Å². The normalized spacial score (nSPS) is 15.5. The van der Waals surface area contributed by atoms with E-state index in [0.717, 1.165) is 37.6 Å². The van der Waals surface area contributed by atoms with Crippen LogP contribution < -0.4 is 10.3 Å². The van der Waals surface area contributed by atoms with Crippen molar-refractivity contribution in [1.29, 1.82) is 0 Å². The highest BCUT2D eigenvalue weighted by Gasteiger charge is 2.21. The minimum atomic E-state index is -3.51. The molecule has 2 heterocycles. The summed E-state index contributed by atoms with van der Waals surface area (Å²) in [5.41, 5.74) is 5.88. The number of hydrogen-bond donors (Lipinski definition) is 1. The summed E-state index contributed by atoms with van der Waals surface area (Å²) in [6.45, 7) is 9.71. The Hall–Kier alpha value is -2.49. The molecule has 1 N–H and O–H groups in total. The number of nitrogens with zero attached hydrogens (tertiary/aromatic N) is 4. The van der Waals surface area contributed by atoms with Crippen LogP contribution in [0.4, 0.5) is 11.5 Å². The zero-order valence-electron chi connectivity index (χ0n) is 17.7. The summed E-state index contributed by atoms with van der Waals surface area (Å²) in [5.74, 6) is 0.484. The van der Waals surface area contributed by atoms with Crippen LogP contribution in [0.2, 0.25) is 0 Å². The molecule has 0 saturated carbocycles. The summed E-state index contributed by atoms with van der Waals surface area (Å²) in [7, 11) is -3.51. The molecule has 0 unspecified atom stereocenters. The van der Waals surface area contributed by atoms with Gasteiger partial charge in [-0.25, -0.2) is 13.4 Å². The minimum Gasteiger partial charge on any atom is -0.378 e. The van der Waals surface area contributed by atoms with Gasteiger partial charge in [0.1, 0.15) is 10.7 Å². The van der Waals surface area contributed by atoms with Gasteiger partial charge in [-0.2, -0.15) is 9.41 Å². The highest BCUT2D eigenvalue weighted by Crippen LogP contribution is 2.18. The number of hydrogen-bond acceptors (Lipinski definition) is 7. The van der Waals surface area contributed by atoms with E-state index in [-0.39, 0.29) is 4.90 Å². The molecular weight excluding hydrogens is 402 g/mol. The average Bonchev–Trinajstić information content (AvgIpc) is 2.79. The molecule has 1 aliphatic heterocycles. The summed E-state index contributed by atoms with van der Waals surface area (Å²) in [5, 5.41) is 4.38. The van der Waals surface area contributed by atoms with E-state index < -0.39 is 10.0 Å². The van der Waals surface area contributed by atoms with Gasteiger partial charge in [0.15, 0.2) is 0 Å². The predicted octanol–water partition coefficient (Wildman–Crippen LogP) is 2.78. The monoisotopic (exact) mass is 431 g/mol. The molecule has 1 saturated heterocycles. The molecule has 1 aliphatic rings. The molecule has 2 aromatic rings. The topological polar surface area (TPSA) is 87.1 Å². The van der Waals surface area contributed by atoms with E-state index in [1.165, 1.54) is 16.2 Å². The number of benzene rings is 1. The third kappa shape index (κ3) is 5.16. The first kappa shape index (κ1) is 22.2. The number of nitrogens with one attached hydrogen (secondary N) is 1. The lowest BCUT2D eigenvalue weighted by Gasteiger charge is -2.28. The molecule has 0 radical (unpaired) electrons. The maximum Gasteiger partial charge on any atom is 0.244 e. The van der Waals surface area contributed by atoms with Gasteiger partial charge in [0.2, 0.25) is 10.0 Å². The van der Waals surface area contributed by atoms with Gasteiger partial charge in [-0.15, -0.1) is 0 Å². The highest BCUT2D eigenvalue weighted by molar-refractivity contribution is 7.89. The zero-order chi connectivity index (χ0) is 21.6. The smallest absolute Gasteiger partial charge is 0.244 e. The molecule has 0 atom stereocenters. The van der Waals surface area contributed by atoms with Crippen molar-refractivity contribution < 1.29 is 13.2 Å². The van der Waals surface area contributed by atoms with Gasteiger partial charge in [0, 0.05) is 38.1 Å². The summed E-state index contributed by atoms with van der Waals surface area (Å²) in [6, 6.07) is 11.4. The van der Waals surface area contributed by atoms with Crippen LogP contribution in [0.25, 0.3) is 0 Å². The summed E-state index contributed by atoms with van der Waals surface area (Å²) < 4.78 is 31.9. The summed E-state index contributed by atoms with van der Waals surface area (Å²) in [6.07, 6.45) is 1.36. The van der Waals surface area contributed by atoms with Crippen molar-refractivity contribution in [3.05, 3.63) is 48.2 Å². The Labute approximate surface area is 178 Å². The molecule has 0 spiro atoms. The number of pyridine rings is 1. The van der Waals surface area contributed by atoms with Crippen LogP contribution in [0.15, 0.2) is 52.6 Å².